The van der Waals surface area contributed by atoms with E-state index in [-0.39, 0.29) is 11.5 Å². The number of aryl methyl sites for hydroxylation is 2. The minimum absolute atomic E-state index is 0.129. The Bertz CT molecular complexity index is 780. The molecule has 2 aromatic rings. The van der Waals surface area contributed by atoms with Crippen molar-refractivity contribution in [3.05, 3.63) is 46.8 Å². The molecule has 0 aliphatic heterocycles. The van der Waals surface area contributed by atoms with Crippen LogP contribution in [0.5, 0.6) is 0 Å². The maximum atomic E-state index is 11.9. The van der Waals surface area contributed by atoms with E-state index in [1.165, 1.54) is 0 Å². The van der Waals surface area contributed by atoms with E-state index >= 15 is 0 Å². The molecule has 1 aromatic heterocycles. The molecule has 6 N–H and O–H groups in total. The second kappa shape index (κ2) is 6.26. The van der Waals surface area contributed by atoms with Gasteiger partial charge in [0.2, 0.25) is 0 Å². The maximum Gasteiger partial charge on any atom is 0.254 e. The smallest absolute Gasteiger partial charge is 0.254 e. The summed E-state index contributed by atoms with van der Waals surface area (Å²) < 4.78 is 0. The monoisotopic (exact) mass is 297 g/mol. The molecule has 0 aliphatic carbocycles. The number of hydrogen-bond donors (Lipinski definition) is 4. The molecule has 0 aliphatic rings. The summed E-state index contributed by atoms with van der Waals surface area (Å²) in [4.78, 5) is 16.0. The minimum atomic E-state index is -0.370. The highest BCUT2D eigenvalue weighted by molar-refractivity contribution is 6.11. The van der Waals surface area contributed by atoms with Crippen molar-refractivity contribution < 1.29 is 4.79 Å². The van der Waals surface area contributed by atoms with E-state index in [4.69, 9.17) is 16.9 Å². The van der Waals surface area contributed by atoms with Gasteiger partial charge in [0.15, 0.2) is 0 Å². The van der Waals surface area contributed by atoms with E-state index in [1.54, 1.807) is 6.20 Å². The summed E-state index contributed by atoms with van der Waals surface area (Å²) in [5.74, 6) is 0.127. The lowest BCUT2D eigenvalue weighted by Gasteiger charge is -2.15. The van der Waals surface area contributed by atoms with Gasteiger partial charge in [-0.15, -0.1) is 0 Å². The number of hydrogen-bond acceptors (Lipinski definition) is 5. The molecule has 0 atom stereocenters. The fourth-order valence-corrected chi connectivity index (χ4v) is 2.46. The molecule has 0 spiro atoms. The fourth-order valence-electron chi connectivity index (χ4n) is 2.46. The summed E-state index contributed by atoms with van der Waals surface area (Å²) in [6.45, 7) is 4.32. The number of pyridine rings is 1. The molecule has 0 fully saturated rings. The van der Waals surface area contributed by atoms with Crippen LogP contribution >= 0.6 is 0 Å². The van der Waals surface area contributed by atoms with Crippen LogP contribution in [0.15, 0.2) is 30.1 Å². The van der Waals surface area contributed by atoms with Crippen molar-refractivity contribution in [3.8, 4) is 0 Å². The van der Waals surface area contributed by atoms with Crippen LogP contribution in [-0.4, -0.2) is 17.1 Å². The Balaban J connectivity index is 2.37. The van der Waals surface area contributed by atoms with Gasteiger partial charge in [-0.1, -0.05) is 0 Å². The lowest BCUT2D eigenvalue weighted by Crippen LogP contribution is -2.26. The van der Waals surface area contributed by atoms with Gasteiger partial charge in [0.1, 0.15) is 5.82 Å². The van der Waals surface area contributed by atoms with E-state index in [1.807, 2.05) is 26.0 Å². The topological polar surface area (TPSA) is 118 Å². The molecule has 0 saturated carbocycles. The Morgan fingerprint density at radius 1 is 1.41 bits per heavy atom. The van der Waals surface area contributed by atoms with Crippen LogP contribution in [0.4, 0.5) is 5.82 Å². The number of nitrogens with one attached hydrogen (secondary N) is 2. The second-order valence-electron chi connectivity index (χ2n) is 5.04. The SMILES string of the molecule is Cc1cc2c(N)nccc2c(C)c1CNC(=O)/C(C=N)=C/N. The fraction of sp³-hybridized carbons (Fsp3) is 0.188. The predicted molar refractivity (Wildman–Crippen MR) is 88.5 cm³/mol. The average Bonchev–Trinajstić information content (AvgIpc) is 2.49. The van der Waals surface area contributed by atoms with Crippen molar-refractivity contribution in [2.24, 2.45) is 5.73 Å². The molecule has 6 heteroatoms. The zero-order chi connectivity index (χ0) is 16.3. The largest absolute Gasteiger partial charge is 0.404 e. The lowest BCUT2D eigenvalue weighted by atomic mass is 9.96. The van der Waals surface area contributed by atoms with E-state index in [9.17, 15) is 4.79 Å². The van der Waals surface area contributed by atoms with Crippen LogP contribution < -0.4 is 16.8 Å². The Labute approximate surface area is 128 Å². The third-order valence-corrected chi connectivity index (χ3v) is 3.74. The summed E-state index contributed by atoms with van der Waals surface area (Å²) in [6, 6.07) is 3.89. The van der Waals surface area contributed by atoms with E-state index < -0.39 is 0 Å². The first-order chi connectivity index (χ1) is 10.5. The molecule has 1 heterocycles. The summed E-state index contributed by atoms with van der Waals surface area (Å²) in [6.07, 6.45) is 3.73. The van der Waals surface area contributed by atoms with Crippen molar-refractivity contribution in [3.63, 3.8) is 0 Å². The normalized spacial score (nSPS) is 11.5. The molecular formula is C16H19N5O. The molecular weight excluding hydrogens is 278 g/mol. The first kappa shape index (κ1) is 15.5. The number of carbonyl (C=O) groups is 1. The Kier molecular flexibility index (Phi) is 4.41. The highest BCUT2D eigenvalue weighted by atomic mass is 16.1. The van der Waals surface area contributed by atoms with Crippen LogP contribution in [0.25, 0.3) is 10.8 Å². The Hall–Kier alpha value is -2.89. The molecule has 114 valence electrons. The lowest BCUT2D eigenvalue weighted by molar-refractivity contribution is -0.117. The van der Waals surface area contributed by atoms with Gasteiger partial charge in [0.05, 0.1) is 5.57 Å². The number of nitrogens with zero attached hydrogens (tertiary/aromatic N) is 1. The molecule has 2 rings (SSSR count). The summed E-state index contributed by atoms with van der Waals surface area (Å²) in [7, 11) is 0. The van der Waals surface area contributed by atoms with Crippen molar-refractivity contribution in [2.75, 3.05) is 5.73 Å². The summed E-state index contributed by atoms with van der Waals surface area (Å²) in [5.41, 5.74) is 14.5. The van der Waals surface area contributed by atoms with Crippen LogP contribution in [0, 0.1) is 19.3 Å². The number of carbonyl (C=O) groups excluding carboxylic acids is 1. The standard InChI is InChI=1S/C16H19N5O/c1-9-5-13-12(3-4-20-15(13)19)10(2)14(9)8-21-16(22)11(6-17)7-18/h3-7,17H,8,18H2,1-2H3,(H2,19,20)(H,21,22)/b11-7+,17-6?. The quantitative estimate of drug-likeness (QED) is 0.505. The minimum Gasteiger partial charge on any atom is -0.404 e. The molecule has 0 saturated heterocycles. The third kappa shape index (κ3) is 2.76. The molecule has 6 nitrogen and oxygen atoms in total. The van der Waals surface area contributed by atoms with Gasteiger partial charge in [-0.2, -0.15) is 0 Å². The van der Waals surface area contributed by atoms with E-state index in [0.29, 0.717) is 12.4 Å². The van der Waals surface area contributed by atoms with Gasteiger partial charge in [0, 0.05) is 30.5 Å². The van der Waals surface area contributed by atoms with Crippen molar-refractivity contribution in [1.29, 1.82) is 5.41 Å². The number of aromatic nitrogens is 1. The number of nitrogen functional groups attached to an aromatic ring is 1. The molecule has 22 heavy (non-hydrogen) atoms. The van der Waals surface area contributed by atoms with Gasteiger partial charge >= 0.3 is 0 Å². The zero-order valence-electron chi connectivity index (χ0n) is 12.6. The molecule has 0 bridgehead atoms. The first-order valence-electron chi connectivity index (χ1n) is 6.83. The number of benzene rings is 1. The molecule has 0 radical (unpaired) electrons. The van der Waals surface area contributed by atoms with Crippen molar-refractivity contribution in [1.82, 2.24) is 10.3 Å². The van der Waals surface area contributed by atoms with E-state index in [0.717, 1.165) is 39.9 Å². The number of fused-ring (bicyclic) bond motifs is 1. The summed E-state index contributed by atoms with van der Waals surface area (Å²) >= 11 is 0. The van der Waals surface area contributed by atoms with Crippen LogP contribution in [0.1, 0.15) is 16.7 Å². The average molecular weight is 297 g/mol. The van der Waals surface area contributed by atoms with Crippen molar-refractivity contribution >= 4 is 28.7 Å². The predicted octanol–water partition coefficient (Wildman–Crippen LogP) is 1.54. The number of anilines is 1. The zero-order valence-corrected chi connectivity index (χ0v) is 12.6. The van der Waals surface area contributed by atoms with Gasteiger partial charge < -0.3 is 22.2 Å². The molecule has 1 amide bonds. The highest BCUT2D eigenvalue weighted by Crippen LogP contribution is 2.27. The molecule has 1 aromatic carbocycles. The Morgan fingerprint density at radius 3 is 2.77 bits per heavy atom. The van der Waals surface area contributed by atoms with E-state index in [2.05, 4.69) is 10.3 Å². The third-order valence-electron chi connectivity index (χ3n) is 3.74. The van der Waals surface area contributed by atoms with Gasteiger partial charge in [-0.25, -0.2) is 4.98 Å². The first-order valence-corrected chi connectivity index (χ1v) is 6.83. The van der Waals surface area contributed by atoms with Gasteiger partial charge in [0.25, 0.3) is 5.91 Å². The number of nitrogens with two attached hydrogens (primary N) is 2. The highest BCUT2D eigenvalue weighted by Gasteiger charge is 2.12. The van der Waals surface area contributed by atoms with Crippen LogP contribution in [0.2, 0.25) is 0 Å². The van der Waals surface area contributed by atoms with Gasteiger partial charge in [-0.3, -0.25) is 4.79 Å². The number of rotatable bonds is 4. The van der Waals surface area contributed by atoms with Crippen LogP contribution in [0.3, 0.4) is 0 Å². The maximum absolute atomic E-state index is 11.9. The Morgan fingerprint density at radius 2 is 2.14 bits per heavy atom. The number of amides is 1. The van der Waals surface area contributed by atoms with Crippen molar-refractivity contribution in [2.45, 2.75) is 20.4 Å². The summed E-state index contributed by atoms with van der Waals surface area (Å²) in [5, 5.41) is 11.8. The second-order valence-corrected chi connectivity index (χ2v) is 5.04. The molecule has 0 unspecified atom stereocenters. The van der Waals surface area contributed by atoms with Crippen LogP contribution in [-0.2, 0) is 11.3 Å². The van der Waals surface area contributed by atoms with Gasteiger partial charge in [-0.05, 0) is 48.1 Å².